The molecule has 204 valence electrons. The van der Waals surface area contributed by atoms with Gasteiger partial charge >= 0.3 is 6.18 Å². The van der Waals surface area contributed by atoms with E-state index in [1.54, 1.807) is 11.8 Å². The quantitative estimate of drug-likeness (QED) is 0.309. The lowest BCUT2D eigenvalue weighted by Crippen LogP contribution is -2.38. The highest BCUT2D eigenvalue weighted by atomic mass is 32.2. The first-order valence-corrected chi connectivity index (χ1v) is 14.3. The zero-order chi connectivity index (χ0) is 26.9. The predicted octanol–water partition coefficient (Wildman–Crippen LogP) is 6.33. The third-order valence-corrected chi connectivity index (χ3v) is 8.50. The van der Waals surface area contributed by atoms with Gasteiger partial charge < -0.3 is 15.0 Å². The van der Waals surface area contributed by atoms with Crippen LogP contribution in [-0.2, 0) is 6.54 Å². The van der Waals surface area contributed by atoms with Crippen LogP contribution in [0.25, 0.3) is 10.9 Å². The summed E-state index contributed by atoms with van der Waals surface area (Å²) in [6.45, 7) is 3.36. The number of aliphatic hydroxyl groups is 1. The van der Waals surface area contributed by atoms with Crippen molar-refractivity contribution in [2.75, 3.05) is 25.4 Å². The van der Waals surface area contributed by atoms with Gasteiger partial charge in [0.15, 0.2) is 0 Å². The fraction of sp³-hybridized carbons (Fsp3) is 0.483. The summed E-state index contributed by atoms with van der Waals surface area (Å²) in [4.78, 5) is 16.4. The number of nitrogens with zero attached hydrogens (tertiary/aromatic N) is 2. The number of benzene rings is 2. The molecule has 2 fully saturated rings. The van der Waals surface area contributed by atoms with Gasteiger partial charge in [-0.25, -0.2) is 0 Å². The largest absolute Gasteiger partial charge is 0.394 e. The zero-order valence-electron chi connectivity index (χ0n) is 21.5. The molecule has 9 heteroatoms. The number of fused-ring (bicyclic) bond motifs is 1. The van der Waals surface area contributed by atoms with Crippen molar-refractivity contribution >= 4 is 28.6 Å². The maximum Gasteiger partial charge on any atom is 0.391 e. The highest BCUT2D eigenvalue weighted by Crippen LogP contribution is 2.41. The van der Waals surface area contributed by atoms with E-state index in [1.807, 2.05) is 42.5 Å². The van der Waals surface area contributed by atoms with Crippen LogP contribution >= 0.6 is 11.8 Å². The number of hydrogen-bond donors (Lipinski definition) is 2. The molecule has 1 saturated heterocycles. The Balaban J connectivity index is 1.31. The molecule has 5 nitrogen and oxygen atoms in total. The van der Waals surface area contributed by atoms with Gasteiger partial charge in [0.05, 0.1) is 18.6 Å². The Hall–Kier alpha value is -2.49. The Morgan fingerprint density at radius 1 is 1.08 bits per heavy atom. The molecule has 0 spiro atoms. The first-order chi connectivity index (χ1) is 18.3. The molecule has 2 aliphatic rings. The van der Waals surface area contributed by atoms with Crippen LogP contribution in [0.4, 0.5) is 13.2 Å². The average molecular weight is 546 g/mol. The normalized spacial score (nSPS) is 18.1. The van der Waals surface area contributed by atoms with E-state index in [0.717, 1.165) is 45.7 Å². The molecule has 0 radical (unpaired) electrons. The van der Waals surface area contributed by atoms with Gasteiger partial charge in [-0.2, -0.15) is 13.2 Å². The Bertz CT molecular complexity index is 1260. The Morgan fingerprint density at radius 2 is 1.79 bits per heavy atom. The summed E-state index contributed by atoms with van der Waals surface area (Å²) in [5, 5.41) is 13.9. The number of alkyl halides is 3. The number of aromatic nitrogens is 1. The molecule has 5 rings (SSSR count). The van der Waals surface area contributed by atoms with E-state index < -0.39 is 18.1 Å². The molecule has 1 saturated carbocycles. The van der Waals surface area contributed by atoms with Crippen molar-refractivity contribution in [1.29, 1.82) is 0 Å². The van der Waals surface area contributed by atoms with Crippen molar-refractivity contribution in [1.82, 2.24) is 14.8 Å². The van der Waals surface area contributed by atoms with Gasteiger partial charge in [0.25, 0.3) is 5.91 Å². The zero-order valence-corrected chi connectivity index (χ0v) is 22.3. The van der Waals surface area contributed by atoms with Crippen LogP contribution in [-0.4, -0.2) is 52.1 Å². The van der Waals surface area contributed by atoms with E-state index in [4.69, 9.17) is 0 Å². The van der Waals surface area contributed by atoms with E-state index in [-0.39, 0.29) is 25.4 Å². The molecule has 1 amide bonds. The molecule has 1 atom stereocenters. The van der Waals surface area contributed by atoms with Gasteiger partial charge in [0.2, 0.25) is 0 Å². The second-order valence-electron chi connectivity index (χ2n) is 10.3. The van der Waals surface area contributed by atoms with Crippen LogP contribution < -0.4 is 5.32 Å². The van der Waals surface area contributed by atoms with Crippen molar-refractivity contribution in [2.45, 2.75) is 62.3 Å². The number of amides is 1. The van der Waals surface area contributed by atoms with Crippen molar-refractivity contribution in [3.8, 4) is 0 Å². The van der Waals surface area contributed by atoms with Gasteiger partial charge in [-0.15, -0.1) is 11.8 Å². The molecule has 2 heterocycles. The molecule has 2 aromatic carbocycles. The summed E-state index contributed by atoms with van der Waals surface area (Å²) in [5.41, 5.74) is 3.49. The van der Waals surface area contributed by atoms with Crippen molar-refractivity contribution < 1.29 is 23.1 Å². The molecule has 0 bridgehead atoms. The van der Waals surface area contributed by atoms with Crippen molar-refractivity contribution in [2.24, 2.45) is 5.92 Å². The third kappa shape index (κ3) is 6.05. The number of carbonyl (C=O) groups is 1. The maximum absolute atomic E-state index is 13.1. The molecule has 38 heavy (non-hydrogen) atoms. The van der Waals surface area contributed by atoms with E-state index in [1.165, 1.54) is 0 Å². The van der Waals surface area contributed by atoms with Crippen LogP contribution in [0.5, 0.6) is 0 Å². The van der Waals surface area contributed by atoms with Crippen LogP contribution in [0, 0.1) is 5.92 Å². The minimum absolute atomic E-state index is 0.143. The summed E-state index contributed by atoms with van der Waals surface area (Å²) < 4.78 is 41.6. The first-order valence-electron chi connectivity index (χ1n) is 13.3. The number of likely N-dealkylation sites (tertiary alicyclic amines) is 1. The lowest BCUT2D eigenvalue weighted by molar-refractivity contribution is -0.185. The summed E-state index contributed by atoms with van der Waals surface area (Å²) in [6, 6.07) is 15.5. The third-order valence-electron chi connectivity index (χ3n) is 7.61. The Labute approximate surface area is 225 Å². The van der Waals surface area contributed by atoms with Gasteiger partial charge in [0.1, 0.15) is 0 Å². The van der Waals surface area contributed by atoms with Gasteiger partial charge in [-0.1, -0.05) is 19.1 Å². The van der Waals surface area contributed by atoms with E-state index in [0.29, 0.717) is 31.2 Å². The lowest BCUT2D eigenvalue weighted by Gasteiger charge is -2.33. The fourth-order valence-electron chi connectivity index (χ4n) is 5.41. The number of nitrogens with one attached hydrogen (secondary N) is 1. The minimum Gasteiger partial charge on any atom is -0.394 e. The van der Waals surface area contributed by atoms with Gasteiger partial charge in [-0.3, -0.25) is 9.69 Å². The molecule has 2 N–H and O–H groups in total. The molecule has 1 aromatic heterocycles. The Kier molecular flexibility index (Phi) is 8.07. The molecular weight excluding hydrogens is 511 g/mol. The summed E-state index contributed by atoms with van der Waals surface area (Å²) in [6.07, 6.45) is -1.66. The molecular formula is C29H34F3N3O2S. The standard InChI is InChI=1S/C29H34F3N3O2S/c1-2-38-25-8-3-19(4-9-25)26(18-36)33-28(37)20-5-10-27-21(15-20)16-24(35(27)23-6-7-23)17-34-13-11-22(12-14-34)29(30,31)32/h3-5,8-10,15-16,22-23,26,36H,2,6-7,11-14,17-18H2,1H3,(H,33,37)/t26-/m0/s1. The minimum atomic E-state index is -4.11. The number of halogens is 3. The number of rotatable bonds is 9. The number of aliphatic hydroxyl groups excluding tert-OH is 1. The van der Waals surface area contributed by atoms with Crippen molar-refractivity contribution in [3.63, 3.8) is 0 Å². The summed E-state index contributed by atoms with van der Waals surface area (Å²) in [7, 11) is 0. The maximum atomic E-state index is 13.1. The van der Waals surface area contributed by atoms with Gasteiger partial charge in [-0.05, 0) is 86.5 Å². The fourth-order valence-corrected chi connectivity index (χ4v) is 6.07. The van der Waals surface area contributed by atoms with E-state index >= 15 is 0 Å². The lowest BCUT2D eigenvalue weighted by atomic mass is 9.96. The second-order valence-corrected chi connectivity index (χ2v) is 11.7. The van der Waals surface area contributed by atoms with Crippen LogP contribution in [0.1, 0.15) is 66.3 Å². The average Bonchev–Trinajstić information content (AvgIpc) is 3.68. The molecule has 1 aliphatic heterocycles. The Morgan fingerprint density at radius 3 is 2.39 bits per heavy atom. The van der Waals surface area contributed by atoms with E-state index in [9.17, 15) is 23.1 Å². The molecule has 1 aliphatic carbocycles. The molecule has 3 aromatic rings. The van der Waals surface area contributed by atoms with Crippen LogP contribution in [0.2, 0.25) is 0 Å². The number of carbonyl (C=O) groups excluding carboxylic acids is 1. The predicted molar refractivity (Wildman–Crippen MR) is 144 cm³/mol. The molecule has 0 unspecified atom stereocenters. The van der Waals surface area contributed by atoms with Gasteiger partial charge in [0, 0.05) is 39.6 Å². The topological polar surface area (TPSA) is 57.5 Å². The summed E-state index contributed by atoms with van der Waals surface area (Å²) in [5.74, 6) is -0.485. The second kappa shape index (κ2) is 11.3. The monoisotopic (exact) mass is 545 g/mol. The highest BCUT2D eigenvalue weighted by Gasteiger charge is 2.41. The first kappa shape index (κ1) is 27.1. The summed E-state index contributed by atoms with van der Waals surface area (Å²) >= 11 is 1.74. The van der Waals surface area contributed by atoms with Crippen LogP contribution in [0.3, 0.4) is 0 Å². The van der Waals surface area contributed by atoms with Crippen molar-refractivity contribution in [3.05, 3.63) is 65.4 Å². The highest BCUT2D eigenvalue weighted by molar-refractivity contribution is 7.99. The van der Waals surface area contributed by atoms with Crippen LogP contribution in [0.15, 0.2) is 53.4 Å². The number of thioether (sulfide) groups is 1. The number of piperidine rings is 1. The van der Waals surface area contributed by atoms with E-state index in [2.05, 4.69) is 27.8 Å². The number of hydrogen-bond acceptors (Lipinski definition) is 4. The SMILES string of the molecule is CCSc1ccc([C@H](CO)NC(=O)c2ccc3c(c2)cc(CN2CCC(C(F)(F)F)CC2)n3C2CC2)cc1. The smallest absolute Gasteiger partial charge is 0.391 e.